The number of hydrogen-bond donors (Lipinski definition) is 1. The zero-order chi connectivity index (χ0) is 14.5. The van der Waals surface area contributed by atoms with Crippen molar-refractivity contribution < 1.29 is 0 Å². The number of rotatable bonds is 7. The van der Waals surface area contributed by atoms with E-state index in [-0.39, 0.29) is 0 Å². The number of nitrogens with zero attached hydrogens (tertiary/aromatic N) is 4. The van der Waals surface area contributed by atoms with Crippen molar-refractivity contribution in [1.29, 1.82) is 0 Å². The van der Waals surface area contributed by atoms with Crippen molar-refractivity contribution in [3.05, 3.63) is 34.9 Å². The van der Waals surface area contributed by atoms with Crippen molar-refractivity contribution in [3.8, 4) is 0 Å². The van der Waals surface area contributed by atoms with Gasteiger partial charge in [-0.25, -0.2) is 0 Å². The predicted molar refractivity (Wildman–Crippen MR) is 81.0 cm³/mol. The lowest BCUT2D eigenvalue weighted by Crippen LogP contribution is -2.16. The largest absolute Gasteiger partial charge is 0.317 e. The summed E-state index contributed by atoms with van der Waals surface area (Å²) in [6, 6.07) is 0. The molecule has 2 aromatic heterocycles. The predicted octanol–water partition coefficient (Wildman–Crippen LogP) is 1.92. The highest BCUT2D eigenvalue weighted by Crippen LogP contribution is 2.15. The van der Waals surface area contributed by atoms with Gasteiger partial charge in [0.05, 0.1) is 18.4 Å². The van der Waals surface area contributed by atoms with Gasteiger partial charge in [-0.1, -0.05) is 6.92 Å². The Labute approximate surface area is 121 Å². The molecule has 110 valence electrons. The lowest BCUT2D eigenvalue weighted by molar-refractivity contribution is 0.646. The van der Waals surface area contributed by atoms with Gasteiger partial charge < -0.3 is 5.32 Å². The van der Waals surface area contributed by atoms with Gasteiger partial charge in [0.15, 0.2) is 0 Å². The van der Waals surface area contributed by atoms with Gasteiger partial charge in [-0.15, -0.1) is 0 Å². The molecule has 0 radical (unpaired) electrons. The molecule has 5 heteroatoms. The molecule has 0 saturated carbocycles. The summed E-state index contributed by atoms with van der Waals surface area (Å²) in [6.45, 7) is 12.2. The van der Waals surface area contributed by atoms with E-state index in [4.69, 9.17) is 0 Å². The van der Waals surface area contributed by atoms with Crippen LogP contribution in [0, 0.1) is 13.8 Å². The van der Waals surface area contributed by atoms with Gasteiger partial charge in [-0.3, -0.25) is 9.36 Å². The Morgan fingerprint density at radius 1 is 1.25 bits per heavy atom. The first-order valence-electron chi connectivity index (χ1n) is 7.40. The van der Waals surface area contributed by atoms with Crippen molar-refractivity contribution in [2.45, 2.75) is 47.2 Å². The van der Waals surface area contributed by atoms with Crippen LogP contribution in [0.1, 0.15) is 36.4 Å². The van der Waals surface area contributed by atoms with E-state index >= 15 is 0 Å². The maximum Gasteiger partial charge on any atom is 0.0693 e. The van der Waals surface area contributed by atoms with Crippen molar-refractivity contribution >= 4 is 0 Å². The quantitative estimate of drug-likeness (QED) is 0.785. The molecule has 0 unspecified atom stereocenters. The SMILES string of the molecule is CCNCCc1c(C)nn(Cc2cnn(CC)c2)c1C. The Bertz CT molecular complexity index is 553. The molecule has 0 fully saturated rings. The van der Waals surface area contributed by atoms with Gasteiger partial charge in [-0.05, 0) is 45.8 Å². The first-order valence-corrected chi connectivity index (χ1v) is 7.40. The van der Waals surface area contributed by atoms with E-state index in [2.05, 4.69) is 54.1 Å². The van der Waals surface area contributed by atoms with E-state index in [9.17, 15) is 0 Å². The highest BCUT2D eigenvalue weighted by Gasteiger charge is 2.11. The number of aryl methyl sites for hydroxylation is 2. The van der Waals surface area contributed by atoms with E-state index in [1.165, 1.54) is 16.8 Å². The summed E-state index contributed by atoms with van der Waals surface area (Å²) in [5.74, 6) is 0. The second-order valence-corrected chi connectivity index (χ2v) is 5.11. The van der Waals surface area contributed by atoms with Gasteiger partial charge >= 0.3 is 0 Å². The average Bonchev–Trinajstić information content (AvgIpc) is 2.99. The van der Waals surface area contributed by atoms with E-state index in [1.807, 2.05) is 10.9 Å². The number of aromatic nitrogens is 4. The van der Waals surface area contributed by atoms with Gasteiger partial charge in [-0.2, -0.15) is 10.2 Å². The third kappa shape index (κ3) is 3.28. The summed E-state index contributed by atoms with van der Waals surface area (Å²) in [4.78, 5) is 0. The van der Waals surface area contributed by atoms with Crippen LogP contribution in [0.25, 0.3) is 0 Å². The normalized spacial score (nSPS) is 11.2. The molecule has 0 aromatic carbocycles. The lowest BCUT2D eigenvalue weighted by Gasteiger charge is -2.05. The minimum Gasteiger partial charge on any atom is -0.317 e. The number of nitrogens with one attached hydrogen (secondary N) is 1. The Hall–Kier alpha value is -1.62. The van der Waals surface area contributed by atoms with Crippen LogP contribution in [0.4, 0.5) is 0 Å². The Morgan fingerprint density at radius 2 is 2.05 bits per heavy atom. The van der Waals surface area contributed by atoms with Gasteiger partial charge in [0.1, 0.15) is 0 Å². The molecule has 0 amide bonds. The fourth-order valence-electron chi connectivity index (χ4n) is 2.47. The average molecular weight is 275 g/mol. The zero-order valence-electron chi connectivity index (χ0n) is 13.0. The van der Waals surface area contributed by atoms with Crippen LogP contribution >= 0.6 is 0 Å². The van der Waals surface area contributed by atoms with Crippen LogP contribution in [0.3, 0.4) is 0 Å². The highest BCUT2D eigenvalue weighted by molar-refractivity contribution is 5.25. The summed E-state index contributed by atoms with van der Waals surface area (Å²) in [5.41, 5.74) is 4.98. The topological polar surface area (TPSA) is 47.7 Å². The second-order valence-electron chi connectivity index (χ2n) is 5.11. The molecule has 1 N–H and O–H groups in total. The van der Waals surface area contributed by atoms with E-state index in [0.717, 1.165) is 38.3 Å². The summed E-state index contributed by atoms with van der Waals surface area (Å²) in [7, 11) is 0. The molecule has 2 aromatic rings. The van der Waals surface area contributed by atoms with Crippen LogP contribution in [0.15, 0.2) is 12.4 Å². The van der Waals surface area contributed by atoms with Gasteiger partial charge in [0, 0.05) is 24.0 Å². The maximum atomic E-state index is 4.67. The van der Waals surface area contributed by atoms with Crippen LogP contribution in [-0.4, -0.2) is 32.7 Å². The smallest absolute Gasteiger partial charge is 0.0693 e. The minimum atomic E-state index is 0.799. The third-order valence-corrected chi connectivity index (χ3v) is 3.68. The number of likely N-dealkylation sites (N-methyl/N-ethyl adjacent to an activating group) is 1. The van der Waals surface area contributed by atoms with Crippen LogP contribution in [0.5, 0.6) is 0 Å². The fourth-order valence-corrected chi connectivity index (χ4v) is 2.47. The molecule has 5 nitrogen and oxygen atoms in total. The molecule has 0 aliphatic rings. The maximum absolute atomic E-state index is 4.67. The second kappa shape index (κ2) is 6.70. The van der Waals surface area contributed by atoms with Crippen LogP contribution in [-0.2, 0) is 19.5 Å². The first-order chi connectivity index (χ1) is 9.65. The molecule has 2 rings (SSSR count). The van der Waals surface area contributed by atoms with Gasteiger partial charge in [0.2, 0.25) is 0 Å². The fraction of sp³-hybridized carbons (Fsp3) is 0.600. The molecule has 0 aliphatic carbocycles. The monoisotopic (exact) mass is 275 g/mol. The molecule has 20 heavy (non-hydrogen) atoms. The Balaban J connectivity index is 2.10. The molecule has 2 heterocycles. The third-order valence-electron chi connectivity index (χ3n) is 3.68. The standard InChI is InChI=1S/C15H25N5/c1-5-16-8-7-15-12(3)18-20(13(15)4)11-14-9-17-19(6-2)10-14/h9-10,16H,5-8,11H2,1-4H3. The molecule has 0 bridgehead atoms. The zero-order valence-corrected chi connectivity index (χ0v) is 13.0. The minimum absolute atomic E-state index is 0.799. The van der Waals surface area contributed by atoms with E-state index in [0.29, 0.717) is 0 Å². The highest BCUT2D eigenvalue weighted by atomic mass is 15.3. The van der Waals surface area contributed by atoms with Crippen molar-refractivity contribution in [3.63, 3.8) is 0 Å². The molecule has 0 atom stereocenters. The summed E-state index contributed by atoms with van der Waals surface area (Å²) in [5, 5.41) is 12.4. The van der Waals surface area contributed by atoms with Gasteiger partial charge in [0.25, 0.3) is 0 Å². The summed E-state index contributed by atoms with van der Waals surface area (Å²) in [6.07, 6.45) is 5.06. The van der Waals surface area contributed by atoms with E-state index < -0.39 is 0 Å². The molecule has 0 aliphatic heterocycles. The molecular formula is C15H25N5. The lowest BCUT2D eigenvalue weighted by atomic mass is 10.1. The van der Waals surface area contributed by atoms with Crippen molar-refractivity contribution in [2.75, 3.05) is 13.1 Å². The van der Waals surface area contributed by atoms with Crippen molar-refractivity contribution in [1.82, 2.24) is 24.9 Å². The summed E-state index contributed by atoms with van der Waals surface area (Å²) >= 11 is 0. The first kappa shape index (κ1) is 14.8. The Morgan fingerprint density at radius 3 is 2.70 bits per heavy atom. The molecule has 0 spiro atoms. The van der Waals surface area contributed by atoms with Crippen molar-refractivity contribution in [2.24, 2.45) is 0 Å². The van der Waals surface area contributed by atoms with Crippen LogP contribution < -0.4 is 5.32 Å². The Kier molecular flexibility index (Phi) is 4.95. The molecular weight excluding hydrogens is 250 g/mol. The number of hydrogen-bond acceptors (Lipinski definition) is 3. The van der Waals surface area contributed by atoms with E-state index in [1.54, 1.807) is 0 Å². The molecule has 0 saturated heterocycles. The van der Waals surface area contributed by atoms with Crippen LogP contribution in [0.2, 0.25) is 0 Å². The summed E-state index contributed by atoms with van der Waals surface area (Å²) < 4.78 is 4.04.